The molecule has 0 atom stereocenters. The molecule has 1 N–H and O–H groups in total. The molecule has 130 valence electrons. The van der Waals surface area contributed by atoms with Crippen LogP contribution in [0.4, 0.5) is 0 Å². The second kappa shape index (κ2) is 9.39. The van der Waals surface area contributed by atoms with Gasteiger partial charge in [0.15, 0.2) is 5.84 Å². The molecule has 0 unspecified atom stereocenters. The lowest BCUT2D eigenvalue weighted by molar-refractivity contribution is 0.375. The summed E-state index contributed by atoms with van der Waals surface area (Å²) in [6, 6.07) is 1.01. The van der Waals surface area contributed by atoms with Crippen LogP contribution in [0, 0.1) is 5.92 Å². The van der Waals surface area contributed by atoms with Gasteiger partial charge in [-0.1, -0.05) is 57.8 Å². The van der Waals surface area contributed by atoms with Crippen LogP contribution in [0.5, 0.6) is 0 Å². The van der Waals surface area contributed by atoms with Crippen LogP contribution < -0.4 is 5.43 Å². The second-order valence-electron chi connectivity index (χ2n) is 7.78. The molecule has 3 saturated carbocycles. The molecule has 0 amide bonds. The van der Waals surface area contributed by atoms with Gasteiger partial charge in [0.25, 0.3) is 0 Å². The van der Waals surface area contributed by atoms with Gasteiger partial charge < -0.3 is 5.43 Å². The first-order valence-corrected chi connectivity index (χ1v) is 10.2. The van der Waals surface area contributed by atoms with E-state index in [1.165, 1.54) is 96.3 Å². The third kappa shape index (κ3) is 5.58. The summed E-state index contributed by atoms with van der Waals surface area (Å²) < 4.78 is 0. The first kappa shape index (κ1) is 16.9. The minimum Gasteiger partial charge on any atom is -0.305 e. The van der Waals surface area contributed by atoms with Gasteiger partial charge >= 0.3 is 0 Å². The Labute approximate surface area is 141 Å². The predicted molar refractivity (Wildman–Crippen MR) is 95.7 cm³/mol. The molecule has 0 bridgehead atoms. The monoisotopic (exact) mass is 318 g/mol. The highest BCUT2D eigenvalue weighted by atomic mass is 15.3. The van der Waals surface area contributed by atoms with Gasteiger partial charge in [-0.25, -0.2) is 0 Å². The van der Waals surface area contributed by atoms with Crippen molar-refractivity contribution in [3.8, 4) is 0 Å². The van der Waals surface area contributed by atoms with Crippen molar-refractivity contribution in [1.82, 2.24) is 5.43 Å². The molecule has 0 aromatic heterocycles. The van der Waals surface area contributed by atoms with Crippen molar-refractivity contribution >= 4 is 5.84 Å². The maximum absolute atomic E-state index is 4.76. The van der Waals surface area contributed by atoms with Crippen molar-refractivity contribution in [2.45, 2.75) is 108 Å². The zero-order valence-corrected chi connectivity index (χ0v) is 14.7. The Balaban J connectivity index is 1.60. The highest BCUT2D eigenvalue weighted by Gasteiger charge is 2.21. The zero-order chi connectivity index (χ0) is 15.7. The number of amidine groups is 1. The van der Waals surface area contributed by atoms with Gasteiger partial charge in [0, 0.05) is 12.0 Å². The number of hydrazone groups is 1. The predicted octanol–water partition coefficient (Wildman–Crippen LogP) is 5.59. The first-order chi connectivity index (χ1) is 11.4. The van der Waals surface area contributed by atoms with E-state index in [4.69, 9.17) is 5.10 Å². The van der Waals surface area contributed by atoms with E-state index in [0.29, 0.717) is 18.0 Å². The Morgan fingerprint density at radius 3 is 1.87 bits per heavy atom. The van der Waals surface area contributed by atoms with Crippen molar-refractivity contribution in [2.75, 3.05) is 0 Å². The molecule has 3 rings (SSSR count). The maximum Gasteiger partial charge on any atom is 0.173 e. The van der Waals surface area contributed by atoms with Crippen LogP contribution >= 0.6 is 0 Å². The summed E-state index contributed by atoms with van der Waals surface area (Å²) in [5.74, 6) is 1.54. The molecular formula is C19H34N4. The third-order valence-electron chi connectivity index (χ3n) is 5.84. The Morgan fingerprint density at radius 1 is 0.652 bits per heavy atom. The smallest absolute Gasteiger partial charge is 0.173 e. The molecule has 3 fully saturated rings. The lowest BCUT2D eigenvalue weighted by atomic mass is 9.88. The quantitative estimate of drug-likeness (QED) is 0.312. The molecule has 3 aliphatic rings. The number of hydrogen-bond acceptors (Lipinski definition) is 3. The lowest BCUT2D eigenvalue weighted by Crippen LogP contribution is -2.29. The van der Waals surface area contributed by atoms with Crippen LogP contribution in [0.2, 0.25) is 0 Å². The average molecular weight is 319 g/mol. The van der Waals surface area contributed by atoms with Crippen LogP contribution in [0.15, 0.2) is 15.3 Å². The van der Waals surface area contributed by atoms with Gasteiger partial charge in [-0.15, -0.1) is 5.11 Å². The molecule has 4 heteroatoms. The van der Waals surface area contributed by atoms with E-state index in [9.17, 15) is 0 Å². The number of nitrogens with one attached hydrogen (secondary N) is 1. The Hall–Kier alpha value is -0.930. The summed E-state index contributed by atoms with van der Waals surface area (Å²) in [7, 11) is 0. The summed E-state index contributed by atoms with van der Waals surface area (Å²) in [6.07, 6.45) is 19.6. The van der Waals surface area contributed by atoms with Crippen molar-refractivity contribution in [2.24, 2.45) is 21.2 Å². The summed E-state index contributed by atoms with van der Waals surface area (Å²) in [5.41, 5.74) is 3.44. The number of azo groups is 1. The van der Waals surface area contributed by atoms with Crippen molar-refractivity contribution in [1.29, 1.82) is 0 Å². The van der Waals surface area contributed by atoms with Crippen LogP contribution in [-0.2, 0) is 0 Å². The molecule has 4 nitrogen and oxygen atoms in total. The topological polar surface area (TPSA) is 49.1 Å². The molecule has 0 aromatic carbocycles. The van der Waals surface area contributed by atoms with Crippen LogP contribution in [0.25, 0.3) is 0 Å². The molecule has 3 aliphatic carbocycles. The molecule has 0 aliphatic heterocycles. The molecule has 23 heavy (non-hydrogen) atoms. The van der Waals surface area contributed by atoms with Gasteiger partial charge in [-0.05, 0) is 38.5 Å². The highest BCUT2D eigenvalue weighted by molar-refractivity contribution is 5.84. The number of nitrogens with zero attached hydrogens (tertiary/aromatic N) is 3. The van der Waals surface area contributed by atoms with Crippen molar-refractivity contribution < 1.29 is 0 Å². The minimum atomic E-state index is 0.451. The first-order valence-electron chi connectivity index (χ1n) is 10.2. The Morgan fingerprint density at radius 2 is 1.22 bits per heavy atom. The summed E-state index contributed by atoms with van der Waals surface area (Å²) in [6.45, 7) is 0. The molecule has 0 spiro atoms. The Kier molecular flexibility index (Phi) is 6.90. The van der Waals surface area contributed by atoms with Crippen molar-refractivity contribution in [3.05, 3.63) is 0 Å². The van der Waals surface area contributed by atoms with Crippen LogP contribution in [0.3, 0.4) is 0 Å². The van der Waals surface area contributed by atoms with Crippen LogP contribution in [-0.4, -0.2) is 17.9 Å². The fourth-order valence-corrected chi connectivity index (χ4v) is 4.28. The minimum absolute atomic E-state index is 0.451. The largest absolute Gasteiger partial charge is 0.305 e. The molecule has 0 saturated heterocycles. The van der Waals surface area contributed by atoms with Gasteiger partial charge in [0.1, 0.15) is 0 Å². The van der Waals surface area contributed by atoms with E-state index in [-0.39, 0.29) is 0 Å². The van der Waals surface area contributed by atoms with E-state index in [0.717, 1.165) is 5.84 Å². The van der Waals surface area contributed by atoms with E-state index >= 15 is 0 Å². The Bertz CT molecular complexity index is 386. The molecular weight excluding hydrogens is 284 g/mol. The molecule has 0 heterocycles. The van der Waals surface area contributed by atoms with E-state index in [1.54, 1.807) is 0 Å². The van der Waals surface area contributed by atoms with Gasteiger partial charge in [0.05, 0.1) is 6.04 Å². The van der Waals surface area contributed by atoms with E-state index < -0.39 is 0 Å². The second-order valence-corrected chi connectivity index (χ2v) is 7.78. The fourth-order valence-electron chi connectivity index (χ4n) is 4.28. The average Bonchev–Trinajstić information content (AvgIpc) is 2.64. The summed E-state index contributed by atoms with van der Waals surface area (Å²) in [4.78, 5) is 0. The molecule has 0 radical (unpaired) electrons. The zero-order valence-electron chi connectivity index (χ0n) is 14.7. The normalized spacial score (nSPS) is 26.7. The van der Waals surface area contributed by atoms with E-state index in [1.807, 2.05) is 0 Å². The SMILES string of the molecule is C1CCC(N=N/C(=N\NC2CCCCC2)C2CCCCC2)CC1. The highest BCUT2D eigenvalue weighted by Crippen LogP contribution is 2.27. The summed E-state index contributed by atoms with van der Waals surface area (Å²) >= 11 is 0. The van der Waals surface area contributed by atoms with Gasteiger partial charge in [-0.2, -0.15) is 10.2 Å². The summed E-state index contributed by atoms with van der Waals surface area (Å²) in [5, 5.41) is 14.1. The number of rotatable bonds is 4. The van der Waals surface area contributed by atoms with Gasteiger partial charge in [-0.3, -0.25) is 0 Å². The van der Waals surface area contributed by atoms with Crippen LogP contribution in [0.1, 0.15) is 96.3 Å². The van der Waals surface area contributed by atoms with E-state index in [2.05, 4.69) is 15.7 Å². The third-order valence-corrected chi connectivity index (χ3v) is 5.84. The molecule has 0 aromatic rings. The fraction of sp³-hybridized carbons (Fsp3) is 0.947. The van der Waals surface area contributed by atoms with Gasteiger partial charge in [0.2, 0.25) is 0 Å². The standard InChI is InChI=1S/C19H34N4/c1-4-10-16(11-5-1)19(22-20-17-12-6-2-7-13-17)23-21-18-14-8-3-9-15-18/h16-18,20H,1-15H2/b22-19-,23-21?. The maximum atomic E-state index is 4.76. The number of hydrogen-bond donors (Lipinski definition) is 1. The van der Waals surface area contributed by atoms with Crippen molar-refractivity contribution in [3.63, 3.8) is 0 Å². The lowest BCUT2D eigenvalue weighted by Gasteiger charge is -2.24.